The fourth-order valence-electron chi connectivity index (χ4n) is 2.67. The van der Waals surface area contributed by atoms with Gasteiger partial charge in [0.15, 0.2) is 0 Å². The van der Waals surface area contributed by atoms with Crippen LogP contribution in [0.2, 0.25) is 0 Å². The Bertz CT molecular complexity index is 518. The summed E-state index contributed by atoms with van der Waals surface area (Å²) in [6.45, 7) is 2.58. The molecule has 1 amide bonds. The van der Waals surface area contributed by atoms with E-state index in [0.29, 0.717) is 24.4 Å². The molecule has 0 aromatic heterocycles. The number of likely N-dealkylation sites (tertiary alicyclic amines) is 1. The Kier molecular flexibility index (Phi) is 4.81. The molecule has 0 radical (unpaired) electrons. The van der Waals surface area contributed by atoms with E-state index in [-0.39, 0.29) is 5.91 Å². The monoisotopic (exact) mass is 339 g/mol. The van der Waals surface area contributed by atoms with Gasteiger partial charge in [-0.25, -0.2) is 4.79 Å². The van der Waals surface area contributed by atoms with Crippen LogP contribution >= 0.6 is 15.9 Å². The Morgan fingerprint density at radius 3 is 2.80 bits per heavy atom. The van der Waals surface area contributed by atoms with Crippen LogP contribution in [0.5, 0.6) is 0 Å². The SMILES string of the molecule is CCC1CCN(C(=O)c2cccc(Br)c2)C(C(=O)O)C1. The number of carbonyl (C=O) groups excluding carboxylic acids is 1. The van der Waals surface area contributed by atoms with Gasteiger partial charge in [-0.1, -0.05) is 35.3 Å². The molecule has 1 aliphatic heterocycles. The Balaban J connectivity index is 2.21. The molecule has 0 saturated carbocycles. The highest BCUT2D eigenvalue weighted by molar-refractivity contribution is 9.10. The summed E-state index contributed by atoms with van der Waals surface area (Å²) in [6.07, 6.45) is 2.38. The predicted molar refractivity (Wildman–Crippen MR) is 79.6 cm³/mol. The number of carbonyl (C=O) groups is 2. The summed E-state index contributed by atoms with van der Waals surface area (Å²) in [6, 6.07) is 6.37. The molecule has 4 nitrogen and oxygen atoms in total. The number of hydrogen-bond acceptors (Lipinski definition) is 2. The summed E-state index contributed by atoms with van der Waals surface area (Å²) in [4.78, 5) is 25.4. The van der Waals surface area contributed by atoms with Gasteiger partial charge in [0, 0.05) is 16.6 Å². The molecule has 108 valence electrons. The van der Waals surface area contributed by atoms with Crippen LogP contribution in [0.4, 0.5) is 0 Å². The molecule has 2 rings (SSSR count). The maximum atomic E-state index is 12.5. The number of piperidine rings is 1. The molecule has 1 heterocycles. The molecule has 1 fully saturated rings. The van der Waals surface area contributed by atoms with Crippen LogP contribution in [0.1, 0.15) is 36.5 Å². The summed E-state index contributed by atoms with van der Waals surface area (Å²) in [5, 5.41) is 9.37. The number of amides is 1. The van der Waals surface area contributed by atoms with Crippen LogP contribution in [0, 0.1) is 5.92 Å². The van der Waals surface area contributed by atoms with Crippen molar-refractivity contribution in [1.82, 2.24) is 4.90 Å². The lowest BCUT2D eigenvalue weighted by atomic mass is 9.88. The van der Waals surface area contributed by atoms with Crippen LogP contribution in [-0.2, 0) is 4.79 Å². The fraction of sp³-hybridized carbons (Fsp3) is 0.467. The van der Waals surface area contributed by atoms with Gasteiger partial charge in [-0.3, -0.25) is 4.79 Å². The van der Waals surface area contributed by atoms with Crippen molar-refractivity contribution >= 4 is 27.8 Å². The van der Waals surface area contributed by atoms with Crippen molar-refractivity contribution in [3.05, 3.63) is 34.3 Å². The first-order chi connectivity index (χ1) is 9.52. The van der Waals surface area contributed by atoms with E-state index >= 15 is 0 Å². The van der Waals surface area contributed by atoms with Crippen molar-refractivity contribution in [2.75, 3.05) is 6.54 Å². The van der Waals surface area contributed by atoms with Gasteiger partial charge in [0.2, 0.25) is 0 Å². The lowest BCUT2D eigenvalue weighted by molar-refractivity contribution is -0.144. The van der Waals surface area contributed by atoms with Gasteiger partial charge in [0.1, 0.15) is 6.04 Å². The highest BCUT2D eigenvalue weighted by atomic mass is 79.9. The number of hydrogen-bond donors (Lipinski definition) is 1. The van der Waals surface area contributed by atoms with Crippen molar-refractivity contribution in [2.45, 2.75) is 32.2 Å². The molecule has 1 saturated heterocycles. The van der Waals surface area contributed by atoms with Gasteiger partial charge < -0.3 is 10.0 Å². The normalized spacial score (nSPS) is 22.6. The molecule has 2 atom stereocenters. The second kappa shape index (κ2) is 6.39. The van der Waals surface area contributed by atoms with Gasteiger partial charge in [0.05, 0.1) is 0 Å². The number of halogens is 1. The van der Waals surface area contributed by atoms with E-state index in [0.717, 1.165) is 17.3 Å². The van der Waals surface area contributed by atoms with Crippen LogP contribution < -0.4 is 0 Å². The molecule has 20 heavy (non-hydrogen) atoms. The number of nitrogens with zero attached hydrogens (tertiary/aromatic N) is 1. The van der Waals surface area contributed by atoms with Gasteiger partial charge in [-0.2, -0.15) is 0 Å². The van der Waals surface area contributed by atoms with E-state index in [1.54, 1.807) is 18.2 Å². The Labute approximate surface area is 126 Å². The zero-order valence-electron chi connectivity index (χ0n) is 11.4. The van der Waals surface area contributed by atoms with Crippen LogP contribution in [0.3, 0.4) is 0 Å². The Hall–Kier alpha value is -1.36. The second-order valence-electron chi connectivity index (χ2n) is 5.16. The summed E-state index contributed by atoms with van der Waals surface area (Å²) in [5.41, 5.74) is 0.528. The van der Waals surface area contributed by atoms with Crippen molar-refractivity contribution in [3.8, 4) is 0 Å². The topological polar surface area (TPSA) is 57.6 Å². The molecule has 5 heteroatoms. The average Bonchev–Trinajstić information content (AvgIpc) is 2.45. The molecule has 0 bridgehead atoms. The van der Waals surface area contributed by atoms with Gasteiger partial charge in [-0.15, -0.1) is 0 Å². The molecule has 0 aliphatic carbocycles. The first-order valence-electron chi connectivity index (χ1n) is 6.82. The summed E-state index contributed by atoms with van der Waals surface area (Å²) in [5.74, 6) is -0.720. The maximum Gasteiger partial charge on any atom is 0.326 e. The third-order valence-corrected chi connectivity index (χ3v) is 4.40. The smallest absolute Gasteiger partial charge is 0.326 e. The second-order valence-corrected chi connectivity index (χ2v) is 6.08. The fourth-order valence-corrected chi connectivity index (χ4v) is 3.07. The minimum Gasteiger partial charge on any atom is -0.480 e. The molecule has 1 aromatic carbocycles. The standard InChI is InChI=1S/C15H18BrNO3/c1-2-10-6-7-17(13(8-10)15(19)20)14(18)11-4-3-5-12(16)9-11/h3-5,9-10,13H,2,6-8H2,1H3,(H,19,20). The largest absolute Gasteiger partial charge is 0.480 e. The maximum absolute atomic E-state index is 12.5. The van der Waals surface area contributed by atoms with E-state index in [4.69, 9.17) is 0 Å². The molecular weight excluding hydrogens is 322 g/mol. The minimum absolute atomic E-state index is 0.201. The van der Waals surface area contributed by atoms with E-state index in [1.165, 1.54) is 4.90 Å². The van der Waals surface area contributed by atoms with Crippen molar-refractivity contribution in [2.24, 2.45) is 5.92 Å². The zero-order chi connectivity index (χ0) is 14.7. The third-order valence-electron chi connectivity index (χ3n) is 3.91. The Morgan fingerprint density at radius 2 is 2.20 bits per heavy atom. The number of carboxylic acids is 1. The predicted octanol–water partition coefficient (Wildman–Crippen LogP) is 3.16. The minimum atomic E-state index is -0.911. The summed E-state index contributed by atoms with van der Waals surface area (Å²) >= 11 is 3.33. The van der Waals surface area contributed by atoms with Crippen molar-refractivity contribution in [3.63, 3.8) is 0 Å². The highest BCUT2D eigenvalue weighted by Gasteiger charge is 2.35. The van der Waals surface area contributed by atoms with E-state index in [1.807, 2.05) is 6.07 Å². The van der Waals surface area contributed by atoms with Crippen LogP contribution in [0.15, 0.2) is 28.7 Å². The highest BCUT2D eigenvalue weighted by Crippen LogP contribution is 2.27. The molecule has 2 unspecified atom stereocenters. The van der Waals surface area contributed by atoms with Crippen molar-refractivity contribution in [1.29, 1.82) is 0 Å². The van der Waals surface area contributed by atoms with Crippen LogP contribution in [-0.4, -0.2) is 34.5 Å². The number of aliphatic carboxylic acids is 1. The zero-order valence-corrected chi connectivity index (χ0v) is 13.0. The van der Waals surface area contributed by atoms with Crippen molar-refractivity contribution < 1.29 is 14.7 Å². The molecule has 0 spiro atoms. The third kappa shape index (κ3) is 3.20. The molecule has 1 aliphatic rings. The first-order valence-corrected chi connectivity index (χ1v) is 7.61. The molecule has 1 N–H and O–H groups in total. The number of carboxylic acid groups (broad SMARTS) is 1. The molecule has 1 aromatic rings. The van der Waals surface area contributed by atoms with Gasteiger partial charge in [-0.05, 0) is 37.0 Å². The Morgan fingerprint density at radius 1 is 1.45 bits per heavy atom. The van der Waals surface area contributed by atoms with E-state index in [9.17, 15) is 14.7 Å². The lowest BCUT2D eigenvalue weighted by Gasteiger charge is -2.37. The lowest BCUT2D eigenvalue weighted by Crippen LogP contribution is -2.50. The molecular formula is C15H18BrNO3. The summed E-state index contributed by atoms with van der Waals surface area (Å²) < 4.78 is 0.818. The number of benzene rings is 1. The first kappa shape index (κ1) is 15.0. The average molecular weight is 340 g/mol. The van der Waals surface area contributed by atoms with Gasteiger partial charge >= 0.3 is 5.97 Å². The quantitative estimate of drug-likeness (QED) is 0.920. The number of rotatable bonds is 3. The van der Waals surface area contributed by atoms with E-state index < -0.39 is 12.0 Å². The summed E-state index contributed by atoms with van der Waals surface area (Å²) in [7, 11) is 0. The van der Waals surface area contributed by atoms with E-state index in [2.05, 4.69) is 22.9 Å². The van der Waals surface area contributed by atoms with Gasteiger partial charge in [0.25, 0.3) is 5.91 Å². The van der Waals surface area contributed by atoms with Crippen LogP contribution in [0.25, 0.3) is 0 Å².